The first-order valence-electron chi connectivity index (χ1n) is 8.91. The molecule has 0 spiro atoms. The molecule has 25 heavy (non-hydrogen) atoms. The maximum Gasteiger partial charge on any atom is 0.255 e. The van der Waals surface area contributed by atoms with Crippen LogP contribution in [-0.4, -0.2) is 37.9 Å². The molecular weight excluding hydrogens is 316 g/mol. The fourth-order valence-electron chi connectivity index (χ4n) is 3.64. The lowest BCUT2D eigenvalue weighted by Crippen LogP contribution is -2.48. The minimum Gasteiger partial charge on any atom is -0.393 e. The molecule has 1 saturated carbocycles. The first-order chi connectivity index (χ1) is 12.0. The average Bonchev–Trinajstić information content (AvgIpc) is 2.86. The summed E-state index contributed by atoms with van der Waals surface area (Å²) in [5.74, 6) is 0.226. The summed E-state index contributed by atoms with van der Waals surface area (Å²) in [5.41, 5.74) is 3.46. The molecule has 134 valence electrons. The van der Waals surface area contributed by atoms with Gasteiger partial charge in [-0.05, 0) is 63.6 Å². The Morgan fingerprint density at radius 3 is 2.60 bits per heavy atom. The summed E-state index contributed by atoms with van der Waals surface area (Å²) >= 11 is 0. The molecule has 2 aromatic heterocycles. The molecule has 0 aliphatic heterocycles. The van der Waals surface area contributed by atoms with E-state index in [4.69, 9.17) is 0 Å². The number of aromatic nitrogens is 3. The van der Waals surface area contributed by atoms with Gasteiger partial charge in [-0.15, -0.1) is 0 Å². The van der Waals surface area contributed by atoms with Crippen LogP contribution in [0.2, 0.25) is 0 Å². The number of aryl methyl sites for hydroxylation is 2. The van der Waals surface area contributed by atoms with Gasteiger partial charge in [0.15, 0.2) is 0 Å². The maximum absolute atomic E-state index is 12.9. The van der Waals surface area contributed by atoms with E-state index in [0.29, 0.717) is 11.5 Å². The van der Waals surface area contributed by atoms with E-state index >= 15 is 0 Å². The third-order valence-electron chi connectivity index (χ3n) is 5.15. The van der Waals surface area contributed by atoms with E-state index in [1.807, 2.05) is 37.6 Å². The summed E-state index contributed by atoms with van der Waals surface area (Å²) in [6, 6.07) is 3.95. The summed E-state index contributed by atoms with van der Waals surface area (Å²) in [4.78, 5) is 17.0. The quantitative estimate of drug-likeness (QED) is 0.842. The number of nitrogens with one attached hydrogen (secondary N) is 1. The van der Waals surface area contributed by atoms with E-state index in [2.05, 4.69) is 15.4 Å². The van der Waals surface area contributed by atoms with Gasteiger partial charge < -0.3 is 10.4 Å². The smallest absolute Gasteiger partial charge is 0.255 e. The molecule has 1 aliphatic carbocycles. The normalized spacial score (nSPS) is 20.8. The Kier molecular flexibility index (Phi) is 5.18. The van der Waals surface area contributed by atoms with Crippen LogP contribution in [0.3, 0.4) is 0 Å². The zero-order valence-electron chi connectivity index (χ0n) is 15.1. The van der Waals surface area contributed by atoms with Crippen molar-refractivity contribution in [3.8, 4) is 0 Å². The maximum atomic E-state index is 12.9. The van der Waals surface area contributed by atoms with Gasteiger partial charge in [-0.1, -0.05) is 0 Å². The first kappa shape index (κ1) is 17.6. The predicted molar refractivity (Wildman–Crippen MR) is 95.3 cm³/mol. The van der Waals surface area contributed by atoms with Crippen molar-refractivity contribution in [2.24, 2.45) is 5.92 Å². The molecule has 1 atom stereocenters. The predicted octanol–water partition coefficient (Wildman–Crippen LogP) is 2.03. The molecule has 1 fully saturated rings. The lowest BCUT2D eigenvalue weighted by atomic mass is 9.75. The number of hydrogen-bond acceptors (Lipinski definition) is 4. The topological polar surface area (TPSA) is 80.0 Å². The Morgan fingerprint density at radius 2 is 2.04 bits per heavy atom. The van der Waals surface area contributed by atoms with Crippen LogP contribution in [0.4, 0.5) is 0 Å². The SMILES string of the molecule is CCn1nc(C)c(C(=O)NC(Cc2ccncc2)C2CC(O)C2)c1C. The summed E-state index contributed by atoms with van der Waals surface area (Å²) in [7, 11) is 0. The molecule has 0 aromatic carbocycles. The molecule has 0 saturated heterocycles. The minimum atomic E-state index is -0.242. The van der Waals surface area contributed by atoms with Gasteiger partial charge in [0.1, 0.15) is 0 Å². The number of amides is 1. The highest BCUT2D eigenvalue weighted by Gasteiger charge is 2.35. The van der Waals surface area contributed by atoms with Gasteiger partial charge in [-0.2, -0.15) is 5.10 Å². The lowest BCUT2D eigenvalue weighted by molar-refractivity contribution is 0.0239. The van der Waals surface area contributed by atoms with Crippen molar-refractivity contribution >= 4 is 5.91 Å². The third-order valence-corrected chi connectivity index (χ3v) is 5.15. The molecule has 2 heterocycles. The highest BCUT2D eigenvalue weighted by molar-refractivity contribution is 5.96. The van der Waals surface area contributed by atoms with Crippen LogP contribution in [0.5, 0.6) is 0 Å². The second-order valence-electron chi connectivity index (χ2n) is 6.89. The second-order valence-corrected chi connectivity index (χ2v) is 6.89. The highest BCUT2D eigenvalue weighted by Crippen LogP contribution is 2.32. The van der Waals surface area contributed by atoms with Gasteiger partial charge in [0.2, 0.25) is 0 Å². The van der Waals surface area contributed by atoms with E-state index in [1.165, 1.54) is 0 Å². The van der Waals surface area contributed by atoms with E-state index < -0.39 is 0 Å². The standard InChI is InChI=1S/C19H26N4O2/c1-4-23-13(3)18(12(2)22-23)19(25)21-17(15-10-16(24)11-15)9-14-5-7-20-8-6-14/h5-8,15-17,24H,4,9-11H2,1-3H3,(H,21,25). The number of rotatable bonds is 6. The largest absolute Gasteiger partial charge is 0.393 e. The average molecular weight is 342 g/mol. The molecule has 6 heteroatoms. The molecule has 2 N–H and O–H groups in total. The fraction of sp³-hybridized carbons (Fsp3) is 0.526. The molecule has 1 aliphatic rings. The zero-order chi connectivity index (χ0) is 18.0. The summed E-state index contributed by atoms with van der Waals surface area (Å²) < 4.78 is 1.86. The van der Waals surface area contributed by atoms with Gasteiger partial charge in [-0.25, -0.2) is 0 Å². The molecular formula is C19H26N4O2. The number of carbonyl (C=O) groups is 1. The summed E-state index contributed by atoms with van der Waals surface area (Å²) in [6.45, 7) is 6.57. The molecule has 1 unspecified atom stereocenters. The Morgan fingerprint density at radius 1 is 1.36 bits per heavy atom. The Labute approximate surface area is 148 Å². The van der Waals surface area contributed by atoms with Crippen LogP contribution in [0, 0.1) is 19.8 Å². The second kappa shape index (κ2) is 7.35. The van der Waals surface area contributed by atoms with Gasteiger partial charge in [0.05, 0.1) is 17.4 Å². The van der Waals surface area contributed by atoms with Crippen molar-refractivity contribution in [2.75, 3.05) is 0 Å². The number of hydrogen-bond donors (Lipinski definition) is 2. The minimum absolute atomic E-state index is 0.00192. The van der Waals surface area contributed by atoms with E-state index in [1.54, 1.807) is 12.4 Å². The van der Waals surface area contributed by atoms with Crippen LogP contribution in [0.15, 0.2) is 24.5 Å². The molecule has 1 amide bonds. The van der Waals surface area contributed by atoms with Crippen molar-refractivity contribution in [3.05, 3.63) is 47.0 Å². The van der Waals surface area contributed by atoms with E-state index in [-0.39, 0.29) is 18.1 Å². The van der Waals surface area contributed by atoms with Gasteiger partial charge in [0, 0.05) is 30.7 Å². The fourth-order valence-corrected chi connectivity index (χ4v) is 3.64. The number of aliphatic hydroxyl groups excluding tert-OH is 1. The van der Waals surface area contributed by atoms with Crippen LogP contribution >= 0.6 is 0 Å². The Hall–Kier alpha value is -2.21. The zero-order valence-corrected chi connectivity index (χ0v) is 15.1. The third kappa shape index (κ3) is 3.74. The van der Waals surface area contributed by atoms with Crippen molar-refractivity contribution in [1.29, 1.82) is 0 Å². The monoisotopic (exact) mass is 342 g/mol. The Balaban J connectivity index is 1.78. The summed E-state index contributed by atoms with van der Waals surface area (Å²) in [6.07, 6.45) is 5.51. The number of carbonyl (C=O) groups excluding carboxylic acids is 1. The van der Waals surface area contributed by atoms with Crippen LogP contribution in [0.25, 0.3) is 0 Å². The number of aliphatic hydroxyl groups is 1. The lowest BCUT2D eigenvalue weighted by Gasteiger charge is -2.38. The van der Waals surface area contributed by atoms with Gasteiger partial charge in [0.25, 0.3) is 5.91 Å². The van der Waals surface area contributed by atoms with Crippen LogP contribution in [0.1, 0.15) is 47.1 Å². The van der Waals surface area contributed by atoms with Crippen molar-refractivity contribution in [3.63, 3.8) is 0 Å². The molecule has 6 nitrogen and oxygen atoms in total. The van der Waals surface area contributed by atoms with Gasteiger partial charge in [-0.3, -0.25) is 14.5 Å². The van der Waals surface area contributed by atoms with Gasteiger partial charge >= 0.3 is 0 Å². The first-order valence-corrected chi connectivity index (χ1v) is 8.91. The highest BCUT2D eigenvalue weighted by atomic mass is 16.3. The van der Waals surface area contributed by atoms with E-state index in [9.17, 15) is 9.90 Å². The number of nitrogens with zero attached hydrogens (tertiary/aromatic N) is 3. The molecule has 0 radical (unpaired) electrons. The van der Waals surface area contributed by atoms with Crippen molar-refractivity contribution in [1.82, 2.24) is 20.1 Å². The Bertz CT molecular complexity index is 735. The number of pyridine rings is 1. The summed E-state index contributed by atoms with van der Waals surface area (Å²) in [5, 5.41) is 17.3. The molecule has 3 rings (SSSR count). The van der Waals surface area contributed by atoms with Crippen LogP contribution in [-0.2, 0) is 13.0 Å². The van der Waals surface area contributed by atoms with E-state index in [0.717, 1.165) is 42.8 Å². The van der Waals surface area contributed by atoms with Crippen molar-refractivity contribution in [2.45, 2.75) is 58.7 Å². The van der Waals surface area contributed by atoms with Crippen LogP contribution < -0.4 is 5.32 Å². The molecule has 0 bridgehead atoms. The van der Waals surface area contributed by atoms with Crippen molar-refractivity contribution < 1.29 is 9.90 Å². The molecule has 2 aromatic rings.